The van der Waals surface area contributed by atoms with Gasteiger partial charge in [-0.25, -0.2) is 0 Å². The summed E-state index contributed by atoms with van der Waals surface area (Å²) in [6.07, 6.45) is 1.72. The lowest BCUT2D eigenvalue weighted by atomic mass is 10.1. The van der Waals surface area contributed by atoms with Crippen LogP contribution >= 0.6 is 0 Å². The standard InChI is InChI=1S/C15H13N9/c1-3-18-10-4-8(2)13(14-9(10)7-19-22-14)23-24-15-20-11(5-16)12(6-17)21-15/h4,7,18H,3H2,1-2H3,(H,19,22)(H,20,21). The molecule has 0 amide bonds. The largest absolute Gasteiger partial charge is 0.385 e. The van der Waals surface area contributed by atoms with E-state index < -0.39 is 0 Å². The van der Waals surface area contributed by atoms with Crippen LogP contribution in [0.25, 0.3) is 10.9 Å². The third-order valence-electron chi connectivity index (χ3n) is 3.42. The summed E-state index contributed by atoms with van der Waals surface area (Å²) in [6, 6.07) is 5.66. The zero-order valence-electron chi connectivity index (χ0n) is 13.0. The van der Waals surface area contributed by atoms with Crippen LogP contribution in [0.1, 0.15) is 23.9 Å². The molecular formula is C15H13N9. The second kappa shape index (κ2) is 6.18. The summed E-state index contributed by atoms with van der Waals surface area (Å²) in [5, 5.41) is 37.2. The Morgan fingerprint density at radius 1 is 1.29 bits per heavy atom. The number of H-pyrrole nitrogens is 2. The molecule has 0 bridgehead atoms. The molecule has 2 heterocycles. The Balaban J connectivity index is 2.05. The molecule has 3 rings (SSSR count). The average molecular weight is 319 g/mol. The van der Waals surface area contributed by atoms with Crippen molar-refractivity contribution in [2.24, 2.45) is 10.2 Å². The monoisotopic (exact) mass is 319 g/mol. The summed E-state index contributed by atoms with van der Waals surface area (Å²) in [7, 11) is 0. The molecule has 1 aromatic carbocycles. The molecule has 0 radical (unpaired) electrons. The van der Waals surface area contributed by atoms with Crippen LogP contribution in [-0.4, -0.2) is 26.7 Å². The molecule has 9 nitrogen and oxygen atoms in total. The summed E-state index contributed by atoms with van der Waals surface area (Å²) in [5.74, 6) is 0.103. The highest BCUT2D eigenvalue weighted by molar-refractivity contribution is 5.99. The Bertz CT molecular complexity index is 979. The number of azo groups is 1. The van der Waals surface area contributed by atoms with Gasteiger partial charge in [-0.15, -0.1) is 10.2 Å². The number of imidazole rings is 1. The van der Waals surface area contributed by atoms with E-state index >= 15 is 0 Å². The molecule has 0 aliphatic carbocycles. The molecule has 118 valence electrons. The first-order valence-electron chi connectivity index (χ1n) is 7.20. The SMILES string of the molecule is CCNc1cc(C)c(N=Nc2nc(C#N)c(C#N)[nH]2)c2[nH]ncc12. The summed E-state index contributed by atoms with van der Waals surface area (Å²) in [4.78, 5) is 6.57. The van der Waals surface area contributed by atoms with E-state index in [9.17, 15) is 0 Å². The van der Waals surface area contributed by atoms with E-state index in [1.807, 2.05) is 32.1 Å². The van der Waals surface area contributed by atoms with Gasteiger partial charge in [0.15, 0.2) is 11.4 Å². The number of nitrogens with zero attached hydrogens (tertiary/aromatic N) is 6. The van der Waals surface area contributed by atoms with Crippen molar-refractivity contribution in [2.45, 2.75) is 13.8 Å². The Morgan fingerprint density at radius 3 is 2.79 bits per heavy atom. The van der Waals surface area contributed by atoms with Crippen molar-refractivity contribution in [3.63, 3.8) is 0 Å². The Kier molecular flexibility index (Phi) is 3.91. The minimum atomic E-state index is -0.00245. The molecule has 0 saturated heterocycles. The van der Waals surface area contributed by atoms with E-state index in [0.29, 0.717) is 5.69 Å². The second-order valence-corrected chi connectivity index (χ2v) is 4.99. The number of hydrogen-bond donors (Lipinski definition) is 3. The van der Waals surface area contributed by atoms with Crippen LogP contribution in [0.15, 0.2) is 22.5 Å². The number of anilines is 1. The Morgan fingerprint density at radius 2 is 2.12 bits per heavy atom. The topological polar surface area (TPSA) is 142 Å². The van der Waals surface area contributed by atoms with E-state index in [1.165, 1.54) is 0 Å². The van der Waals surface area contributed by atoms with Crippen LogP contribution in [0, 0.1) is 29.6 Å². The molecular weight excluding hydrogens is 306 g/mol. The number of hydrogen-bond acceptors (Lipinski definition) is 7. The van der Waals surface area contributed by atoms with Crippen LogP contribution in [0.5, 0.6) is 0 Å². The van der Waals surface area contributed by atoms with Gasteiger partial charge in [-0.2, -0.15) is 20.6 Å². The predicted molar refractivity (Wildman–Crippen MR) is 87.2 cm³/mol. The van der Waals surface area contributed by atoms with E-state index in [-0.39, 0.29) is 17.3 Å². The average Bonchev–Trinajstić information content (AvgIpc) is 3.21. The Labute approximate surface area is 137 Å². The first-order chi connectivity index (χ1) is 11.7. The fourth-order valence-electron chi connectivity index (χ4n) is 2.36. The van der Waals surface area contributed by atoms with Gasteiger partial charge in [0.2, 0.25) is 5.95 Å². The van der Waals surface area contributed by atoms with Crippen LogP contribution in [-0.2, 0) is 0 Å². The van der Waals surface area contributed by atoms with Crippen molar-refractivity contribution in [3.8, 4) is 12.1 Å². The number of benzene rings is 1. The van der Waals surface area contributed by atoms with Gasteiger partial charge in [-0.3, -0.25) is 5.10 Å². The van der Waals surface area contributed by atoms with Crippen molar-refractivity contribution in [1.82, 2.24) is 20.2 Å². The second-order valence-electron chi connectivity index (χ2n) is 4.99. The smallest absolute Gasteiger partial charge is 0.249 e. The zero-order valence-corrected chi connectivity index (χ0v) is 13.0. The summed E-state index contributed by atoms with van der Waals surface area (Å²) >= 11 is 0. The van der Waals surface area contributed by atoms with Gasteiger partial charge in [0.1, 0.15) is 17.8 Å². The molecule has 0 atom stereocenters. The predicted octanol–water partition coefficient (Wildman–Crippen LogP) is 3.18. The van der Waals surface area contributed by atoms with Gasteiger partial charge >= 0.3 is 0 Å². The summed E-state index contributed by atoms with van der Waals surface area (Å²) in [6.45, 7) is 4.73. The normalized spacial score (nSPS) is 10.8. The number of aromatic amines is 2. The molecule has 0 saturated carbocycles. The van der Waals surface area contributed by atoms with Crippen molar-refractivity contribution in [1.29, 1.82) is 10.5 Å². The third-order valence-corrected chi connectivity index (χ3v) is 3.42. The Hall–Kier alpha value is -3.72. The molecule has 3 N–H and O–H groups in total. The van der Waals surface area contributed by atoms with Crippen molar-refractivity contribution in [2.75, 3.05) is 11.9 Å². The molecule has 0 fully saturated rings. The van der Waals surface area contributed by atoms with Gasteiger partial charge in [0.25, 0.3) is 0 Å². The molecule has 2 aromatic heterocycles. The zero-order chi connectivity index (χ0) is 17.1. The highest BCUT2D eigenvalue weighted by Crippen LogP contribution is 2.34. The van der Waals surface area contributed by atoms with Gasteiger partial charge in [0.05, 0.1) is 11.7 Å². The third kappa shape index (κ3) is 2.55. The molecule has 0 unspecified atom stereocenters. The van der Waals surface area contributed by atoms with Crippen molar-refractivity contribution >= 4 is 28.2 Å². The van der Waals surface area contributed by atoms with Crippen LogP contribution in [0.3, 0.4) is 0 Å². The van der Waals surface area contributed by atoms with Crippen molar-refractivity contribution < 1.29 is 0 Å². The maximum Gasteiger partial charge on any atom is 0.249 e. The van der Waals surface area contributed by atoms with E-state index in [0.717, 1.165) is 28.7 Å². The minimum absolute atomic E-state index is 0.00245. The van der Waals surface area contributed by atoms with E-state index in [4.69, 9.17) is 10.5 Å². The molecule has 0 aliphatic rings. The number of rotatable bonds is 4. The summed E-state index contributed by atoms with van der Waals surface area (Å²) < 4.78 is 0. The van der Waals surface area contributed by atoms with Crippen LogP contribution in [0.4, 0.5) is 17.3 Å². The van der Waals surface area contributed by atoms with Gasteiger partial charge in [-0.1, -0.05) is 0 Å². The van der Waals surface area contributed by atoms with Crippen LogP contribution < -0.4 is 5.32 Å². The fraction of sp³-hybridized carbons (Fsp3) is 0.200. The quantitative estimate of drug-likeness (QED) is 0.633. The number of aromatic nitrogens is 4. The molecule has 0 aliphatic heterocycles. The van der Waals surface area contributed by atoms with E-state index in [1.54, 1.807) is 6.20 Å². The highest BCUT2D eigenvalue weighted by atomic mass is 15.2. The number of aryl methyl sites for hydroxylation is 1. The van der Waals surface area contributed by atoms with Gasteiger partial charge < -0.3 is 10.3 Å². The number of nitrogens with one attached hydrogen (secondary N) is 3. The van der Waals surface area contributed by atoms with E-state index in [2.05, 4.69) is 35.7 Å². The molecule has 3 aromatic rings. The molecule has 24 heavy (non-hydrogen) atoms. The fourth-order valence-corrected chi connectivity index (χ4v) is 2.36. The first-order valence-corrected chi connectivity index (χ1v) is 7.20. The highest BCUT2D eigenvalue weighted by Gasteiger charge is 2.12. The minimum Gasteiger partial charge on any atom is -0.385 e. The molecule has 0 spiro atoms. The van der Waals surface area contributed by atoms with Gasteiger partial charge in [0, 0.05) is 17.6 Å². The maximum absolute atomic E-state index is 8.92. The summed E-state index contributed by atoms with van der Waals surface area (Å²) in [5.41, 5.74) is 3.31. The molecule has 9 heteroatoms. The first kappa shape index (κ1) is 15.2. The lowest BCUT2D eigenvalue weighted by Gasteiger charge is -2.08. The van der Waals surface area contributed by atoms with Crippen LogP contribution in [0.2, 0.25) is 0 Å². The van der Waals surface area contributed by atoms with Crippen molar-refractivity contribution in [3.05, 3.63) is 29.2 Å². The van der Waals surface area contributed by atoms with Gasteiger partial charge in [-0.05, 0) is 25.5 Å². The number of nitriles is 2. The lowest BCUT2D eigenvalue weighted by molar-refractivity contribution is 1.09. The lowest BCUT2D eigenvalue weighted by Crippen LogP contribution is -1.97. The maximum atomic E-state index is 8.92. The number of fused-ring (bicyclic) bond motifs is 1.